The van der Waals surface area contributed by atoms with Gasteiger partial charge in [-0.15, -0.1) is 0 Å². The van der Waals surface area contributed by atoms with Crippen molar-refractivity contribution in [2.75, 3.05) is 13.2 Å². The third-order valence-electron chi connectivity index (χ3n) is 3.72. The summed E-state index contributed by atoms with van der Waals surface area (Å²) in [6.07, 6.45) is 0.225. The van der Waals surface area contributed by atoms with Crippen LogP contribution in [0.5, 0.6) is 0 Å². The maximum absolute atomic E-state index is 9.88. The van der Waals surface area contributed by atoms with Crippen LogP contribution >= 0.6 is 0 Å². The number of hydrogen-bond donors (Lipinski definition) is 2. The Hall–Kier alpha value is 0.0969. The molecule has 0 aliphatic heterocycles. The largest absolute Gasteiger partial charge is 0.414 e. The summed E-state index contributed by atoms with van der Waals surface area (Å²) in [5, 5.41) is 19.1. The van der Waals surface area contributed by atoms with Crippen molar-refractivity contribution in [3.05, 3.63) is 0 Å². The zero-order valence-corrected chi connectivity index (χ0v) is 12.6. The van der Waals surface area contributed by atoms with E-state index in [1.165, 1.54) is 0 Å². The van der Waals surface area contributed by atoms with Crippen molar-refractivity contribution >= 4 is 8.32 Å². The normalized spacial score (nSPS) is 17.2. The first-order valence-electron chi connectivity index (χ1n) is 6.08. The Morgan fingerprint density at radius 2 is 1.75 bits per heavy atom. The van der Waals surface area contributed by atoms with Crippen molar-refractivity contribution in [3.8, 4) is 0 Å². The van der Waals surface area contributed by atoms with E-state index in [2.05, 4.69) is 33.9 Å². The van der Waals surface area contributed by atoms with Gasteiger partial charge in [0.1, 0.15) is 0 Å². The van der Waals surface area contributed by atoms with E-state index in [-0.39, 0.29) is 17.6 Å². The van der Waals surface area contributed by atoms with E-state index in [4.69, 9.17) is 9.53 Å². The molecular weight excluding hydrogens is 220 g/mol. The van der Waals surface area contributed by atoms with Crippen molar-refractivity contribution < 1.29 is 14.6 Å². The molecule has 2 N–H and O–H groups in total. The predicted molar refractivity (Wildman–Crippen MR) is 70.0 cm³/mol. The topological polar surface area (TPSA) is 49.7 Å². The highest BCUT2D eigenvalue weighted by molar-refractivity contribution is 6.74. The maximum Gasteiger partial charge on any atom is 0.192 e. The molecule has 0 unspecified atom stereocenters. The summed E-state index contributed by atoms with van der Waals surface area (Å²) in [5.74, 6) is -0.0650. The van der Waals surface area contributed by atoms with Crippen LogP contribution in [-0.2, 0) is 4.43 Å². The van der Waals surface area contributed by atoms with Gasteiger partial charge in [0.2, 0.25) is 0 Å². The van der Waals surface area contributed by atoms with E-state index in [1.54, 1.807) is 0 Å². The van der Waals surface area contributed by atoms with Gasteiger partial charge in [-0.3, -0.25) is 0 Å². The number of aliphatic hydroxyl groups excluding tert-OH is 2. The van der Waals surface area contributed by atoms with Gasteiger partial charge < -0.3 is 14.6 Å². The molecule has 0 saturated heterocycles. The van der Waals surface area contributed by atoms with E-state index < -0.39 is 14.4 Å². The molecular formula is C12H28O3Si. The third kappa shape index (κ3) is 4.53. The molecule has 0 aromatic rings. The highest BCUT2D eigenvalue weighted by Gasteiger charge is 2.37. The summed E-state index contributed by atoms with van der Waals surface area (Å²) >= 11 is 0. The summed E-state index contributed by atoms with van der Waals surface area (Å²) in [7, 11) is -1.78. The molecule has 0 bridgehead atoms. The van der Waals surface area contributed by atoms with Crippen LogP contribution in [-0.4, -0.2) is 37.8 Å². The van der Waals surface area contributed by atoms with E-state index in [9.17, 15) is 5.11 Å². The zero-order chi connectivity index (χ0) is 13.0. The smallest absolute Gasteiger partial charge is 0.192 e. The second kappa shape index (κ2) is 6.14. The van der Waals surface area contributed by atoms with Crippen molar-refractivity contribution in [2.45, 2.75) is 58.4 Å². The van der Waals surface area contributed by atoms with Gasteiger partial charge in [-0.2, -0.15) is 0 Å². The summed E-state index contributed by atoms with van der Waals surface area (Å²) in [6.45, 7) is 13.2. The van der Waals surface area contributed by atoms with Crippen molar-refractivity contribution in [1.29, 1.82) is 0 Å². The van der Waals surface area contributed by atoms with Crippen LogP contribution in [0.3, 0.4) is 0 Å². The minimum atomic E-state index is -1.78. The molecule has 0 aliphatic rings. The first-order valence-corrected chi connectivity index (χ1v) is 8.99. The fourth-order valence-electron chi connectivity index (χ4n) is 1.17. The Balaban J connectivity index is 4.24. The highest BCUT2D eigenvalue weighted by atomic mass is 28.4. The fourth-order valence-corrected chi connectivity index (χ4v) is 2.19. The average molecular weight is 248 g/mol. The van der Waals surface area contributed by atoms with E-state index in [0.29, 0.717) is 6.61 Å². The molecule has 4 heteroatoms. The summed E-state index contributed by atoms with van der Waals surface area (Å²) in [6, 6.07) is 0. The van der Waals surface area contributed by atoms with Gasteiger partial charge in [-0.05, 0) is 24.6 Å². The first-order chi connectivity index (χ1) is 7.15. The van der Waals surface area contributed by atoms with Gasteiger partial charge in [0.15, 0.2) is 8.32 Å². The van der Waals surface area contributed by atoms with Gasteiger partial charge in [0.05, 0.1) is 12.7 Å². The molecule has 0 aromatic carbocycles. The number of aliphatic hydroxyl groups is 2. The Labute approximate surface area is 101 Å². The lowest BCUT2D eigenvalue weighted by molar-refractivity contribution is 0.0249. The summed E-state index contributed by atoms with van der Waals surface area (Å²) in [4.78, 5) is 0. The minimum absolute atomic E-state index is 0.0263. The average Bonchev–Trinajstić information content (AvgIpc) is 2.15. The van der Waals surface area contributed by atoms with E-state index in [0.717, 1.165) is 6.42 Å². The van der Waals surface area contributed by atoms with Gasteiger partial charge >= 0.3 is 0 Å². The Morgan fingerprint density at radius 3 is 2.06 bits per heavy atom. The lowest BCUT2D eigenvalue weighted by atomic mass is 10.0. The van der Waals surface area contributed by atoms with E-state index >= 15 is 0 Å². The molecule has 0 saturated carbocycles. The molecule has 3 nitrogen and oxygen atoms in total. The van der Waals surface area contributed by atoms with Gasteiger partial charge in [0.25, 0.3) is 0 Å². The van der Waals surface area contributed by atoms with Crippen LogP contribution in [0.1, 0.15) is 34.1 Å². The van der Waals surface area contributed by atoms with Crippen LogP contribution in [0.25, 0.3) is 0 Å². The zero-order valence-electron chi connectivity index (χ0n) is 11.6. The number of hydrogen-bond acceptors (Lipinski definition) is 3. The van der Waals surface area contributed by atoms with Gasteiger partial charge in [-0.25, -0.2) is 0 Å². The molecule has 0 aliphatic carbocycles. The molecule has 0 radical (unpaired) electrons. The lowest BCUT2D eigenvalue weighted by Gasteiger charge is -2.37. The molecule has 0 spiro atoms. The standard InChI is InChI=1S/C12H28O3Si/c1-7-10(8-13)11(14)9-15-16(5,6)12(2,3)4/h10-11,13-14H,7-9H2,1-6H3/t10-,11+/m1/s1. The molecule has 0 fully saturated rings. The summed E-state index contributed by atoms with van der Waals surface area (Å²) in [5.41, 5.74) is 0. The molecule has 0 aromatic heterocycles. The van der Waals surface area contributed by atoms with Crippen LogP contribution in [0.4, 0.5) is 0 Å². The molecule has 0 heterocycles. The lowest BCUT2D eigenvalue weighted by Crippen LogP contribution is -2.43. The Kier molecular flexibility index (Phi) is 6.18. The summed E-state index contributed by atoms with van der Waals surface area (Å²) < 4.78 is 5.92. The van der Waals surface area contributed by atoms with Crippen molar-refractivity contribution in [2.24, 2.45) is 5.92 Å². The maximum atomic E-state index is 9.88. The van der Waals surface area contributed by atoms with E-state index in [1.807, 2.05) is 6.92 Å². The van der Waals surface area contributed by atoms with Crippen molar-refractivity contribution in [3.63, 3.8) is 0 Å². The predicted octanol–water partition coefficient (Wildman–Crippen LogP) is 2.39. The van der Waals surface area contributed by atoms with Gasteiger partial charge in [-0.1, -0.05) is 27.7 Å². The SMILES string of the molecule is CC[C@H](CO)[C@@H](O)CO[Si](C)(C)C(C)(C)C. The highest BCUT2D eigenvalue weighted by Crippen LogP contribution is 2.36. The quantitative estimate of drug-likeness (QED) is 0.710. The van der Waals surface area contributed by atoms with Crippen LogP contribution in [0.15, 0.2) is 0 Å². The van der Waals surface area contributed by atoms with Crippen LogP contribution < -0.4 is 0 Å². The molecule has 98 valence electrons. The number of rotatable bonds is 6. The second-order valence-corrected chi connectivity index (χ2v) is 10.8. The molecule has 0 amide bonds. The Bertz CT molecular complexity index is 195. The molecule has 16 heavy (non-hydrogen) atoms. The monoisotopic (exact) mass is 248 g/mol. The van der Waals surface area contributed by atoms with Crippen LogP contribution in [0.2, 0.25) is 18.1 Å². The second-order valence-electron chi connectivity index (χ2n) is 5.99. The Morgan fingerprint density at radius 1 is 1.25 bits per heavy atom. The third-order valence-corrected chi connectivity index (χ3v) is 8.22. The van der Waals surface area contributed by atoms with Crippen molar-refractivity contribution in [1.82, 2.24) is 0 Å². The first kappa shape index (κ1) is 16.1. The molecule has 2 atom stereocenters. The molecule has 0 rings (SSSR count). The fraction of sp³-hybridized carbons (Fsp3) is 1.00. The van der Waals surface area contributed by atoms with Gasteiger partial charge in [0, 0.05) is 12.5 Å². The van der Waals surface area contributed by atoms with Crippen LogP contribution in [0, 0.1) is 5.92 Å². The minimum Gasteiger partial charge on any atom is -0.414 e.